The first kappa shape index (κ1) is 18.5. The molecule has 7 nitrogen and oxygen atoms in total. The van der Waals surface area contributed by atoms with Crippen molar-refractivity contribution in [2.24, 2.45) is 4.99 Å². The molecule has 1 heterocycles. The Morgan fingerprint density at radius 3 is 2.48 bits per heavy atom. The van der Waals surface area contributed by atoms with Crippen LogP contribution in [0.5, 0.6) is 11.5 Å². The second kappa shape index (κ2) is 7.93. The van der Waals surface area contributed by atoms with Crippen molar-refractivity contribution in [3.63, 3.8) is 0 Å². The molecular formula is C19H15N3O4S. The van der Waals surface area contributed by atoms with Gasteiger partial charge in [0.25, 0.3) is 5.91 Å². The highest BCUT2D eigenvalue weighted by molar-refractivity contribution is 8.15. The molecule has 1 aliphatic rings. The lowest BCUT2D eigenvalue weighted by Gasteiger charge is -2.19. The van der Waals surface area contributed by atoms with E-state index in [1.807, 2.05) is 6.07 Å². The molecule has 1 saturated heterocycles. The Hall–Kier alpha value is -3.31. The highest BCUT2D eigenvalue weighted by Gasteiger charge is 2.33. The third-order valence-corrected chi connectivity index (χ3v) is 4.77. The molecule has 2 amide bonds. The van der Waals surface area contributed by atoms with E-state index in [0.29, 0.717) is 22.7 Å². The van der Waals surface area contributed by atoms with Crippen molar-refractivity contribution >= 4 is 34.4 Å². The Labute approximate surface area is 160 Å². The molecule has 27 heavy (non-hydrogen) atoms. The molecule has 0 N–H and O–H groups in total. The molecule has 2 aromatic carbocycles. The number of amides is 2. The van der Waals surface area contributed by atoms with Crippen LogP contribution in [0.15, 0.2) is 47.5 Å². The number of carbonyl (C=O) groups excluding carboxylic acids is 2. The van der Waals surface area contributed by atoms with Crippen molar-refractivity contribution in [1.29, 1.82) is 5.26 Å². The van der Waals surface area contributed by atoms with Crippen LogP contribution in [0.1, 0.15) is 15.9 Å². The summed E-state index contributed by atoms with van der Waals surface area (Å²) in [6.45, 7) is 0. The van der Waals surface area contributed by atoms with Crippen molar-refractivity contribution in [2.45, 2.75) is 0 Å². The Morgan fingerprint density at radius 1 is 1.19 bits per heavy atom. The maximum absolute atomic E-state index is 12.5. The molecular weight excluding hydrogens is 366 g/mol. The van der Waals surface area contributed by atoms with Gasteiger partial charge in [0.2, 0.25) is 5.91 Å². The molecule has 0 unspecified atom stereocenters. The number of aliphatic imine (C=N–C) groups is 1. The molecule has 2 aromatic rings. The summed E-state index contributed by atoms with van der Waals surface area (Å²) in [5, 5.41) is 9.72. The van der Waals surface area contributed by atoms with Gasteiger partial charge in [-0.25, -0.2) is 0 Å². The minimum Gasteiger partial charge on any atom is -0.493 e. The fourth-order valence-corrected chi connectivity index (χ4v) is 3.42. The molecule has 8 heteroatoms. The maximum atomic E-state index is 12.5. The first-order valence-electron chi connectivity index (χ1n) is 7.89. The standard InChI is InChI=1S/C19H15N3O4S/c1-25-15-8-13(10-20)14(9-16(15)26-2)22-17(23)11-27-19(22)21-18(24)12-6-4-3-5-7-12/h3-9H,11H2,1-2H3. The van der Waals surface area contributed by atoms with E-state index in [1.54, 1.807) is 30.3 Å². The van der Waals surface area contributed by atoms with Gasteiger partial charge in [0.15, 0.2) is 16.7 Å². The molecule has 0 radical (unpaired) electrons. The smallest absolute Gasteiger partial charge is 0.279 e. The largest absolute Gasteiger partial charge is 0.493 e. The van der Waals surface area contributed by atoms with E-state index in [-0.39, 0.29) is 22.4 Å². The van der Waals surface area contributed by atoms with Gasteiger partial charge < -0.3 is 9.47 Å². The van der Waals surface area contributed by atoms with Crippen LogP contribution in [0.2, 0.25) is 0 Å². The Bertz CT molecular complexity index is 967. The molecule has 3 rings (SSSR count). The van der Waals surface area contributed by atoms with Crippen LogP contribution < -0.4 is 14.4 Å². The molecule has 1 aliphatic heterocycles. The first-order chi connectivity index (χ1) is 13.1. The van der Waals surface area contributed by atoms with E-state index >= 15 is 0 Å². The number of rotatable bonds is 4. The Balaban J connectivity index is 2.06. The summed E-state index contributed by atoms with van der Waals surface area (Å²) in [7, 11) is 2.92. The number of anilines is 1. The van der Waals surface area contributed by atoms with Crippen LogP contribution in [-0.2, 0) is 4.79 Å². The van der Waals surface area contributed by atoms with Crippen molar-refractivity contribution in [1.82, 2.24) is 0 Å². The highest BCUT2D eigenvalue weighted by atomic mass is 32.2. The van der Waals surface area contributed by atoms with E-state index in [9.17, 15) is 14.9 Å². The van der Waals surface area contributed by atoms with Crippen LogP contribution in [-0.4, -0.2) is 37.0 Å². The maximum Gasteiger partial charge on any atom is 0.279 e. The van der Waals surface area contributed by atoms with Crippen LogP contribution >= 0.6 is 11.8 Å². The minimum atomic E-state index is -0.461. The highest BCUT2D eigenvalue weighted by Crippen LogP contribution is 2.37. The number of amidine groups is 1. The number of nitrogens with zero attached hydrogens (tertiary/aromatic N) is 3. The predicted molar refractivity (Wildman–Crippen MR) is 102 cm³/mol. The summed E-state index contributed by atoms with van der Waals surface area (Å²) < 4.78 is 10.5. The Morgan fingerprint density at radius 2 is 1.85 bits per heavy atom. The van der Waals surface area contributed by atoms with Crippen molar-refractivity contribution in [3.8, 4) is 17.6 Å². The summed E-state index contributed by atoms with van der Waals surface area (Å²) in [6, 6.07) is 13.6. The zero-order chi connectivity index (χ0) is 19.4. The quantitative estimate of drug-likeness (QED) is 0.809. The summed E-state index contributed by atoms with van der Waals surface area (Å²) >= 11 is 1.14. The van der Waals surface area contributed by atoms with Crippen LogP contribution in [0.4, 0.5) is 5.69 Å². The number of hydrogen-bond acceptors (Lipinski definition) is 6. The number of thioether (sulfide) groups is 1. The number of carbonyl (C=O) groups is 2. The van der Waals surface area contributed by atoms with Gasteiger partial charge in [-0.05, 0) is 12.1 Å². The summed E-state index contributed by atoms with van der Waals surface area (Å²) in [6.07, 6.45) is 0. The molecule has 0 spiro atoms. The normalized spacial score (nSPS) is 14.9. The third kappa shape index (κ3) is 3.64. The zero-order valence-electron chi connectivity index (χ0n) is 14.6. The van der Waals surface area contributed by atoms with Crippen LogP contribution in [0.3, 0.4) is 0 Å². The number of nitriles is 1. The van der Waals surface area contributed by atoms with Gasteiger partial charge in [0, 0.05) is 17.7 Å². The lowest BCUT2D eigenvalue weighted by molar-refractivity contribution is -0.115. The van der Waals surface area contributed by atoms with Gasteiger partial charge in [-0.2, -0.15) is 10.3 Å². The van der Waals surface area contributed by atoms with Crippen molar-refractivity contribution in [3.05, 3.63) is 53.6 Å². The summed E-state index contributed by atoms with van der Waals surface area (Å²) in [5.74, 6) is 0.126. The number of hydrogen-bond donors (Lipinski definition) is 0. The Kier molecular flexibility index (Phi) is 5.43. The third-order valence-electron chi connectivity index (χ3n) is 3.85. The number of ether oxygens (including phenoxy) is 2. The fraction of sp³-hybridized carbons (Fsp3) is 0.158. The van der Waals surface area contributed by atoms with Gasteiger partial charge in [-0.15, -0.1) is 0 Å². The minimum absolute atomic E-state index is 0.125. The molecule has 1 fully saturated rings. The lowest BCUT2D eigenvalue weighted by Crippen LogP contribution is -2.30. The molecule has 136 valence electrons. The average Bonchev–Trinajstić information content (AvgIpc) is 3.07. The molecule has 0 saturated carbocycles. The second-order valence-corrected chi connectivity index (χ2v) is 6.36. The summed E-state index contributed by atoms with van der Waals surface area (Å²) in [4.78, 5) is 30.2. The zero-order valence-corrected chi connectivity index (χ0v) is 15.4. The van der Waals surface area contributed by atoms with Crippen LogP contribution in [0.25, 0.3) is 0 Å². The van der Waals surface area contributed by atoms with E-state index in [1.165, 1.54) is 31.3 Å². The van der Waals surface area contributed by atoms with Crippen molar-refractivity contribution in [2.75, 3.05) is 24.9 Å². The van der Waals surface area contributed by atoms with Crippen molar-refractivity contribution < 1.29 is 19.1 Å². The molecule has 0 bridgehead atoms. The van der Waals surface area contributed by atoms with Gasteiger partial charge in [-0.1, -0.05) is 30.0 Å². The SMILES string of the molecule is COc1cc(C#N)c(N2C(=O)CSC2=NC(=O)c2ccccc2)cc1OC. The topological polar surface area (TPSA) is 92.0 Å². The predicted octanol–water partition coefficient (Wildman–Crippen LogP) is 2.85. The van der Waals surface area contributed by atoms with E-state index in [0.717, 1.165) is 11.8 Å². The van der Waals surface area contributed by atoms with Gasteiger partial charge in [0.05, 0.1) is 31.2 Å². The molecule has 0 aliphatic carbocycles. The van der Waals surface area contributed by atoms with E-state index < -0.39 is 5.91 Å². The number of methoxy groups -OCH3 is 2. The van der Waals surface area contributed by atoms with Gasteiger partial charge in [0.1, 0.15) is 6.07 Å². The summed E-state index contributed by atoms with van der Waals surface area (Å²) in [5.41, 5.74) is 0.922. The fourth-order valence-electron chi connectivity index (χ4n) is 2.56. The van der Waals surface area contributed by atoms with Gasteiger partial charge >= 0.3 is 0 Å². The van der Waals surface area contributed by atoms with Crippen LogP contribution in [0, 0.1) is 11.3 Å². The second-order valence-electron chi connectivity index (χ2n) is 5.42. The van der Waals surface area contributed by atoms with E-state index in [4.69, 9.17) is 9.47 Å². The number of benzene rings is 2. The first-order valence-corrected chi connectivity index (χ1v) is 8.87. The molecule has 0 aromatic heterocycles. The average molecular weight is 381 g/mol. The lowest BCUT2D eigenvalue weighted by atomic mass is 10.1. The monoisotopic (exact) mass is 381 g/mol. The van der Waals surface area contributed by atoms with Gasteiger partial charge in [-0.3, -0.25) is 14.5 Å². The van der Waals surface area contributed by atoms with E-state index in [2.05, 4.69) is 4.99 Å². The molecule has 0 atom stereocenters.